The number of hydrogen-bond donors (Lipinski definition) is 1. The Balaban J connectivity index is 1.95. The van der Waals surface area contributed by atoms with E-state index in [0.717, 1.165) is 5.56 Å². The SMILES string of the molecule is COc1ccc(/C(O)=C2/C(=O)C(=O)N(c3ccc(C)cc3)C2c2ccccc2)c(OC)c1. The van der Waals surface area contributed by atoms with Gasteiger partial charge in [-0.1, -0.05) is 48.0 Å². The summed E-state index contributed by atoms with van der Waals surface area (Å²) in [6.45, 7) is 1.95. The van der Waals surface area contributed by atoms with Crippen LogP contribution in [0.25, 0.3) is 5.76 Å². The third kappa shape index (κ3) is 3.60. The lowest BCUT2D eigenvalue weighted by molar-refractivity contribution is -0.132. The lowest BCUT2D eigenvalue weighted by atomic mass is 9.94. The summed E-state index contributed by atoms with van der Waals surface area (Å²) in [7, 11) is 2.99. The molecule has 3 aromatic rings. The molecule has 0 bridgehead atoms. The fraction of sp³-hybridized carbons (Fsp3) is 0.154. The zero-order valence-corrected chi connectivity index (χ0v) is 18.0. The van der Waals surface area contributed by atoms with Crippen LogP contribution in [0.3, 0.4) is 0 Å². The van der Waals surface area contributed by atoms with Gasteiger partial charge in [0.05, 0.1) is 31.4 Å². The van der Waals surface area contributed by atoms with Crippen molar-refractivity contribution < 1.29 is 24.2 Å². The zero-order chi connectivity index (χ0) is 22.8. The molecular weight excluding hydrogens is 406 g/mol. The number of nitrogens with zero attached hydrogens (tertiary/aromatic N) is 1. The van der Waals surface area contributed by atoms with Crippen molar-refractivity contribution in [1.29, 1.82) is 0 Å². The summed E-state index contributed by atoms with van der Waals surface area (Å²) in [5.74, 6) is -0.883. The largest absolute Gasteiger partial charge is 0.507 e. The molecule has 32 heavy (non-hydrogen) atoms. The van der Waals surface area contributed by atoms with E-state index in [1.54, 1.807) is 30.3 Å². The Kier molecular flexibility index (Phi) is 5.69. The molecule has 162 valence electrons. The first kappa shape index (κ1) is 21.2. The number of carbonyl (C=O) groups is 2. The number of ketones is 1. The highest BCUT2D eigenvalue weighted by Gasteiger charge is 2.47. The standard InChI is InChI=1S/C26H23NO5/c1-16-9-11-18(12-10-16)27-23(17-7-5-4-6-8-17)22(25(29)26(27)30)24(28)20-14-13-19(31-2)15-21(20)32-3/h4-15,23,28H,1-3H3/b24-22-. The van der Waals surface area contributed by atoms with Crippen LogP contribution in [-0.2, 0) is 9.59 Å². The number of hydrogen-bond acceptors (Lipinski definition) is 5. The molecule has 6 nitrogen and oxygen atoms in total. The van der Waals surface area contributed by atoms with Crippen LogP contribution >= 0.6 is 0 Å². The Hall–Kier alpha value is -4.06. The predicted molar refractivity (Wildman–Crippen MR) is 122 cm³/mol. The normalized spacial score (nSPS) is 17.5. The first-order valence-corrected chi connectivity index (χ1v) is 10.1. The third-order valence-corrected chi connectivity index (χ3v) is 5.54. The van der Waals surface area contributed by atoms with Gasteiger partial charge in [0.1, 0.15) is 17.3 Å². The van der Waals surface area contributed by atoms with Crippen molar-refractivity contribution in [3.05, 3.63) is 95.1 Å². The van der Waals surface area contributed by atoms with E-state index < -0.39 is 17.7 Å². The molecule has 0 aromatic heterocycles. The second-order valence-corrected chi connectivity index (χ2v) is 7.48. The minimum atomic E-state index is -0.786. The summed E-state index contributed by atoms with van der Waals surface area (Å²) < 4.78 is 10.6. The third-order valence-electron chi connectivity index (χ3n) is 5.54. The van der Waals surface area contributed by atoms with Crippen LogP contribution in [0.4, 0.5) is 5.69 Å². The average Bonchev–Trinajstić information content (AvgIpc) is 3.09. The molecule has 0 aliphatic carbocycles. The van der Waals surface area contributed by atoms with E-state index in [1.807, 2.05) is 49.4 Å². The Morgan fingerprint density at radius 1 is 0.906 bits per heavy atom. The minimum absolute atomic E-state index is 0.00485. The van der Waals surface area contributed by atoms with Crippen molar-refractivity contribution in [3.8, 4) is 11.5 Å². The topological polar surface area (TPSA) is 76.1 Å². The van der Waals surface area contributed by atoms with Crippen LogP contribution in [0.2, 0.25) is 0 Å². The van der Waals surface area contributed by atoms with Crippen molar-refractivity contribution >= 4 is 23.1 Å². The van der Waals surface area contributed by atoms with Gasteiger partial charge in [0.25, 0.3) is 11.7 Å². The number of aryl methyl sites for hydroxylation is 1. The highest BCUT2D eigenvalue weighted by Crippen LogP contribution is 2.43. The van der Waals surface area contributed by atoms with Crippen molar-refractivity contribution in [3.63, 3.8) is 0 Å². The first-order valence-electron chi connectivity index (χ1n) is 10.1. The van der Waals surface area contributed by atoms with Gasteiger partial charge < -0.3 is 14.6 Å². The highest BCUT2D eigenvalue weighted by atomic mass is 16.5. The molecule has 4 rings (SSSR count). The lowest BCUT2D eigenvalue weighted by Gasteiger charge is -2.25. The fourth-order valence-corrected chi connectivity index (χ4v) is 3.89. The number of carbonyl (C=O) groups excluding carboxylic acids is 2. The molecule has 1 aliphatic rings. The monoisotopic (exact) mass is 429 g/mol. The van der Waals surface area contributed by atoms with Gasteiger partial charge in [0, 0.05) is 11.8 Å². The van der Waals surface area contributed by atoms with Crippen LogP contribution in [-0.4, -0.2) is 31.0 Å². The van der Waals surface area contributed by atoms with Gasteiger partial charge in [-0.15, -0.1) is 0 Å². The Morgan fingerprint density at radius 3 is 2.22 bits per heavy atom. The van der Waals surface area contributed by atoms with E-state index in [9.17, 15) is 14.7 Å². The Morgan fingerprint density at radius 2 is 1.59 bits per heavy atom. The number of Topliss-reactive ketones (excluding diaryl/α,β-unsaturated/α-hetero) is 1. The fourth-order valence-electron chi connectivity index (χ4n) is 3.89. The predicted octanol–water partition coefficient (Wildman–Crippen LogP) is 4.64. The molecule has 3 aromatic carbocycles. The number of ether oxygens (including phenoxy) is 2. The van der Waals surface area contributed by atoms with E-state index in [0.29, 0.717) is 28.3 Å². The molecule has 6 heteroatoms. The van der Waals surface area contributed by atoms with Gasteiger partial charge in [0.2, 0.25) is 0 Å². The molecule has 1 N–H and O–H groups in total. The van der Waals surface area contributed by atoms with Gasteiger partial charge in [-0.3, -0.25) is 14.5 Å². The average molecular weight is 429 g/mol. The summed E-state index contributed by atoms with van der Waals surface area (Å²) in [5.41, 5.74) is 2.62. The summed E-state index contributed by atoms with van der Waals surface area (Å²) in [4.78, 5) is 27.8. The maximum atomic E-state index is 13.2. The van der Waals surface area contributed by atoms with Crippen LogP contribution in [0, 0.1) is 6.92 Å². The maximum Gasteiger partial charge on any atom is 0.300 e. The van der Waals surface area contributed by atoms with E-state index in [-0.39, 0.29) is 11.3 Å². The second kappa shape index (κ2) is 8.59. The molecular formula is C26H23NO5. The molecule has 1 saturated heterocycles. The number of aliphatic hydroxyl groups excluding tert-OH is 1. The van der Waals surface area contributed by atoms with E-state index in [4.69, 9.17) is 9.47 Å². The summed E-state index contributed by atoms with van der Waals surface area (Å²) in [6, 6.07) is 20.6. The van der Waals surface area contributed by atoms with E-state index in [2.05, 4.69) is 0 Å². The zero-order valence-electron chi connectivity index (χ0n) is 18.0. The molecule has 1 atom stereocenters. The molecule has 1 aliphatic heterocycles. The lowest BCUT2D eigenvalue weighted by Crippen LogP contribution is -2.29. The van der Waals surface area contributed by atoms with Crippen LogP contribution in [0.15, 0.2) is 78.4 Å². The van der Waals surface area contributed by atoms with E-state index in [1.165, 1.54) is 19.1 Å². The molecule has 1 heterocycles. The Bertz CT molecular complexity index is 1200. The van der Waals surface area contributed by atoms with E-state index >= 15 is 0 Å². The number of benzene rings is 3. The van der Waals surface area contributed by atoms with Crippen LogP contribution < -0.4 is 14.4 Å². The maximum absolute atomic E-state index is 13.2. The molecule has 1 amide bonds. The number of rotatable bonds is 5. The number of methoxy groups -OCH3 is 2. The van der Waals surface area contributed by atoms with Gasteiger partial charge in [0.15, 0.2) is 0 Å². The van der Waals surface area contributed by atoms with Crippen molar-refractivity contribution in [2.45, 2.75) is 13.0 Å². The Labute approximate surface area is 186 Å². The number of anilines is 1. The molecule has 1 unspecified atom stereocenters. The number of amides is 1. The van der Waals surface area contributed by atoms with Gasteiger partial charge in [-0.2, -0.15) is 0 Å². The van der Waals surface area contributed by atoms with Gasteiger partial charge in [-0.05, 0) is 36.8 Å². The second-order valence-electron chi connectivity index (χ2n) is 7.48. The molecule has 0 spiro atoms. The van der Waals surface area contributed by atoms with Gasteiger partial charge in [-0.25, -0.2) is 0 Å². The summed E-state index contributed by atoms with van der Waals surface area (Å²) >= 11 is 0. The molecule has 1 fully saturated rings. The van der Waals surface area contributed by atoms with Gasteiger partial charge >= 0.3 is 0 Å². The minimum Gasteiger partial charge on any atom is -0.507 e. The van der Waals surface area contributed by atoms with Crippen molar-refractivity contribution in [2.75, 3.05) is 19.1 Å². The van der Waals surface area contributed by atoms with Crippen molar-refractivity contribution in [2.24, 2.45) is 0 Å². The highest BCUT2D eigenvalue weighted by molar-refractivity contribution is 6.51. The number of aliphatic hydroxyl groups is 1. The van der Waals surface area contributed by atoms with Crippen LogP contribution in [0.1, 0.15) is 22.7 Å². The summed E-state index contributed by atoms with van der Waals surface area (Å²) in [5, 5.41) is 11.3. The quantitative estimate of drug-likeness (QED) is 0.363. The molecule has 0 radical (unpaired) electrons. The molecule has 0 saturated carbocycles. The smallest absolute Gasteiger partial charge is 0.300 e. The summed E-state index contributed by atoms with van der Waals surface area (Å²) in [6.07, 6.45) is 0. The van der Waals surface area contributed by atoms with Crippen molar-refractivity contribution in [1.82, 2.24) is 0 Å². The van der Waals surface area contributed by atoms with Crippen LogP contribution in [0.5, 0.6) is 11.5 Å². The first-order chi connectivity index (χ1) is 15.5.